The predicted octanol–water partition coefficient (Wildman–Crippen LogP) is 1.68. The second-order valence-electron chi connectivity index (χ2n) is 2.10. The Morgan fingerprint density at radius 3 is 2.44 bits per heavy atom. The van der Waals surface area contributed by atoms with Gasteiger partial charge in [-0.1, -0.05) is 6.92 Å². The summed E-state index contributed by atoms with van der Waals surface area (Å²) >= 11 is 0. The Kier molecular flexibility index (Phi) is 3.76. The van der Waals surface area contributed by atoms with Crippen LogP contribution < -0.4 is 5.73 Å². The Hall–Kier alpha value is -0.790. The molecule has 2 heteroatoms. The quantitative estimate of drug-likeness (QED) is 0.561. The third kappa shape index (κ3) is 5.07. The maximum absolute atomic E-state index is 5.46. The van der Waals surface area contributed by atoms with Gasteiger partial charge in [-0.25, -0.2) is 4.99 Å². The van der Waals surface area contributed by atoms with E-state index in [-0.39, 0.29) is 0 Å². The van der Waals surface area contributed by atoms with Gasteiger partial charge < -0.3 is 5.73 Å². The first-order valence-electron chi connectivity index (χ1n) is 3.14. The average Bonchev–Trinajstić information content (AvgIpc) is 1.63. The fraction of sp³-hybridized carbons (Fsp3) is 0.571. The highest BCUT2D eigenvalue weighted by molar-refractivity contribution is 5.79. The summed E-state index contributed by atoms with van der Waals surface area (Å²) in [5.74, 6) is 0.623. The lowest BCUT2D eigenvalue weighted by atomic mass is 10.4. The molecule has 0 saturated carbocycles. The predicted molar refractivity (Wildman–Crippen MR) is 41.3 cm³/mol. The van der Waals surface area contributed by atoms with Gasteiger partial charge in [0.2, 0.25) is 0 Å². The van der Waals surface area contributed by atoms with Gasteiger partial charge in [-0.3, -0.25) is 0 Å². The van der Waals surface area contributed by atoms with E-state index in [0.717, 1.165) is 12.1 Å². The maximum atomic E-state index is 5.46. The van der Waals surface area contributed by atoms with Crippen molar-refractivity contribution in [3.63, 3.8) is 0 Å². The number of aliphatic imine (C=N–C) groups is 1. The zero-order valence-corrected chi connectivity index (χ0v) is 6.31. The van der Waals surface area contributed by atoms with Crippen molar-refractivity contribution in [1.29, 1.82) is 0 Å². The Bertz CT molecular complexity index is 130. The molecule has 0 heterocycles. The summed E-state index contributed by atoms with van der Waals surface area (Å²) in [5.41, 5.74) is 6.46. The fourth-order valence-corrected chi connectivity index (χ4v) is 0.513. The Labute approximate surface area is 56.5 Å². The molecule has 0 bridgehead atoms. The lowest BCUT2D eigenvalue weighted by Gasteiger charge is -1.91. The van der Waals surface area contributed by atoms with E-state index in [1.54, 1.807) is 0 Å². The molecule has 0 amide bonds. The molecule has 0 rings (SSSR count). The lowest BCUT2D eigenvalue weighted by Crippen LogP contribution is -1.95. The smallest absolute Gasteiger partial charge is 0.119 e. The van der Waals surface area contributed by atoms with Crippen molar-refractivity contribution < 1.29 is 0 Å². The van der Waals surface area contributed by atoms with E-state index in [9.17, 15) is 0 Å². The average molecular weight is 126 g/mol. The summed E-state index contributed by atoms with van der Waals surface area (Å²) in [6.45, 7) is 5.89. The van der Waals surface area contributed by atoms with E-state index in [1.807, 2.05) is 26.8 Å². The van der Waals surface area contributed by atoms with Crippen molar-refractivity contribution in [2.75, 3.05) is 0 Å². The van der Waals surface area contributed by atoms with Crippen LogP contribution in [-0.4, -0.2) is 5.71 Å². The summed E-state index contributed by atoms with van der Waals surface area (Å²) in [7, 11) is 0. The molecule has 0 aromatic heterocycles. The minimum atomic E-state index is 0.623. The first kappa shape index (κ1) is 8.21. The molecule has 52 valence electrons. The number of hydrogen-bond acceptors (Lipinski definition) is 2. The van der Waals surface area contributed by atoms with E-state index in [0.29, 0.717) is 5.82 Å². The molecule has 9 heavy (non-hydrogen) atoms. The maximum Gasteiger partial charge on any atom is 0.119 e. The van der Waals surface area contributed by atoms with Gasteiger partial charge in [-0.2, -0.15) is 0 Å². The highest BCUT2D eigenvalue weighted by atomic mass is 14.9. The van der Waals surface area contributed by atoms with Crippen LogP contribution >= 0.6 is 0 Å². The first-order chi connectivity index (χ1) is 4.16. The van der Waals surface area contributed by atoms with Gasteiger partial charge in [0.1, 0.15) is 5.82 Å². The molecule has 0 radical (unpaired) electrons. The minimum absolute atomic E-state index is 0.623. The van der Waals surface area contributed by atoms with Crippen molar-refractivity contribution in [2.24, 2.45) is 10.7 Å². The second-order valence-corrected chi connectivity index (χ2v) is 2.10. The Morgan fingerprint density at radius 1 is 1.56 bits per heavy atom. The number of hydrogen-bond donors (Lipinski definition) is 1. The van der Waals surface area contributed by atoms with Crippen LogP contribution in [0.4, 0.5) is 0 Å². The summed E-state index contributed by atoms with van der Waals surface area (Å²) in [6, 6.07) is 0. The van der Waals surface area contributed by atoms with Crippen molar-refractivity contribution >= 4 is 5.71 Å². The standard InChI is InChI=1S/C7H14N2/c1-4-5-7(8)9-6(2)3/h5H,4,8H2,1-3H3/b7-5-. The van der Waals surface area contributed by atoms with E-state index in [1.165, 1.54) is 0 Å². The van der Waals surface area contributed by atoms with Crippen LogP contribution in [0.3, 0.4) is 0 Å². The van der Waals surface area contributed by atoms with Crippen LogP contribution in [0, 0.1) is 0 Å². The highest BCUT2D eigenvalue weighted by Crippen LogP contribution is 1.89. The van der Waals surface area contributed by atoms with Crippen molar-refractivity contribution in [3.8, 4) is 0 Å². The molecule has 0 unspecified atom stereocenters. The zero-order chi connectivity index (χ0) is 7.28. The van der Waals surface area contributed by atoms with Gasteiger partial charge in [0.05, 0.1) is 0 Å². The van der Waals surface area contributed by atoms with Gasteiger partial charge in [-0.05, 0) is 26.3 Å². The van der Waals surface area contributed by atoms with Crippen LogP contribution in [-0.2, 0) is 0 Å². The van der Waals surface area contributed by atoms with E-state index in [4.69, 9.17) is 5.73 Å². The third-order valence-electron chi connectivity index (χ3n) is 0.766. The second kappa shape index (κ2) is 4.13. The Morgan fingerprint density at radius 2 is 2.11 bits per heavy atom. The van der Waals surface area contributed by atoms with E-state index >= 15 is 0 Å². The number of allylic oxidation sites excluding steroid dienone is 1. The van der Waals surface area contributed by atoms with Crippen molar-refractivity contribution in [3.05, 3.63) is 11.9 Å². The van der Waals surface area contributed by atoms with E-state index in [2.05, 4.69) is 4.99 Å². The highest BCUT2D eigenvalue weighted by Gasteiger charge is 1.81. The van der Waals surface area contributed by atoms with Crippen LogP contribution in [0.5, 0.6) is 0 Å². The minimum Gasteiger partial charge on any atom is -0.384 e. The summed E-state index contributed by atoms with van der Waals surface area (Å²) in [6.07, 6.45) is 2.84. The molecule has 0 atom stereocenters. The molecule has 2 nitrogen and oxygen atoms in total. The molecule has 0 saturated heterocycles. The molecular formula is C7H14N2. The molecule has 0 aromatic carbocycles. The normalized spacial score (nSPS) is 11.2. The summed E-state index contributed by atoms with van der Waals surface area (Å²) in [5, 5.41) is 0. The summed E-state index contributed by atoms with van der Waals surface area (Å²) in [4.78, 5) is 4.02. The molecule has 0 aliphatic heterocycles. The van der Waals surface area contributed by atoms with Crippen LogP contribution in [0.15, 0.2) is 16.9 Å². The fourth-order valence-electron chi connectivity index (χ4n) is 0.513. The molecular weight excluding hydrogens is 112 g/mol. The van der Waals surface area contributed by atoms with Crippen molar-refractivity contribution in [1.82, 2.24) is 0 Å². The van der Waals surface area contributed by atoms with Gasteiger partial charge in [0.25, 0.3) is 0 Å². The number of nitrogens with two attached hydrogens (primary N) is 1. The van der Waals surface area contributed by atoms with Crippen molar-refractivity contribution in [2.45, 2.75) is 27.2 Å². The summed E-state index contributed by atoms with van der Waals surface area (Å²) < 4.78 is 0. The molecule has 0 spiro atoms. The molecule has 0 fully saturated rings. The number of nitrogens with zero attached hydrogens (tertiary/aromatic N) is 1. The van der Waals surface area contributed by atoms with Gasteiger partial charge in [0, 0.05) is 5.71 Å². The van der Waals surface area contributed by atoms with Crippen LogP contribution in [0.1, 0.15) is 27.2 Å². The third-order valence-corrected chi connectivity index (χ3v) is 0.766. The molecule has 0 aliphatic rings. The SMILES string of the molecule is CC/C=C(/N)N=C(C)C. The van der Waals surface area contributed by atoms with Crippen LogP contribution in [0.2, 0.25) is 0 Å². The molecule has 0 aliphatic carbocycles. The lowest BCUT2D eigenvalue weighted by molar-refractivity contribution is 1.13. The van der Waals surface area contributed by atoms with Crippen LogP contribution in [0.25, 0.3) is 0 Å². The van der Waals surface area contributed by atoms with E-state index < -0.39 is 0 Å². The topological polar surface area (TPSA) is 38.4 Å². The first-order valence-corrected chi connectivity index (χ1v) is 3.14. The largest absolute Gasteiger partial charge is 0.384 e. The molecule has 0 aromatic rings. The zero-order valence-electron chi connectivity index (χ0n) is 6.31. The van der Waals surface area contributed by atoms with Gasteiger partial charge in [0.15, 0.2) is 0 Å². The Balaban J connectivity index is 3.90. The monoisotopic (exact) mass is 126 g/mol. The van der Waals surface area contributed by atoms with Gasteiger partial charge in [-0.15, -0.1) is 0 Å². The van der Waals surface area contributed by atoms with Gasteiger partial charge >= 0.3 is 0 Å². The molecule has 2 N–H and O–H groups in total. The number of rotatable bonds is 2.